The summed E-state index contributed by atoms with van der Waals surface area (Å²) in [5.41, 5.74) is 0. The first-order valence-electron chi connectivity index (χ1n) is 8.06. The maximum absolute atomic E-state index is 11.3. The highest BCUT2D eigenvalue weighted by atomic mass is 16.6. The summed E-state index contributed by atoms with van der Waals surface area (Å²) >= 11 is 0. The topological polar surface area (TPSA) is 96.5 Å². The Kier molecular flexibility index (Phi) is 4.43. The van der Waals surface area contributed by atoms with Crippen molar-refractivity contribution in [2.75, 3.05) is 55.0 Å². The van der Waals surface area contributed by atoms with Gasteiger partial charge in [-0.05, 0) is 16.0 Å². The minimum atomic E-state index is -0.414. The van der Waals surface area contributed by atoms with Gasteiger partial charge in [0.05, 0.1) is 0 Å². The van der Waals surface area contributed by atoms with Crippen LogP contribution in [0.4, 0.5) is 23.4 Å². The fraction of sp³-hybridized carbons (Fsp3) is 0.533. The van der Waals surface area contributed by atoms with Gasteiger partial charge in [0, 0.05) is 60.4 Å². The molecule has 0 aromatic carbocycles. The molecular weight excluding hydrogens is 324 g/mol. The maximum Gasteiger partial charge on any atom is 0.406 e. The number of imidazole rings is 1. The summed E-state index contributed by atoms with van der Waals surface area (Å²) in [4.78, 5) is 29.8. The second-order valence-electron chi connectivity index (χ2n) is 6.21. The number of aryl methyl sites for hydroxylation is 1. The lowest BCUT2D eigenvalue weighted by Gasteiger charge is -2.36. The van der Waals surface area contributed by atoms with Gasteiger partial charge in [0.25, 0.3) is 0 Å². The number of piperazine rings is 1. The van der Waals surface area contributed by atoms with E-state index in [2.05, 4.69) is 19.9 Å². The average Bonchev–Trinajstić information content (AvgIpc) is 2.91. The normalized spacial score (nSPS) is 14.7. The number of hydrogen-bond donors (Lipinski definition) is 0. The van der Waals surface area contributed by atoms with E-state index in [-0.39, 0.29) is 5.82 Å². The quantitative estimate of drug-likeness (QED) is 0.593. The van der Waals surface area contributed by atoms with Crippen molar-refractivity contribution in [3.8, 4) is 0 Å². The number of nitro groups is 1. The molecule has 0 saturated carbocycles. The summed E-state index contributed by atoms with van der Waals surface area (Å²) in [7, 11) is 5.62. The molecule has 0 spiro atoms. The zero-order valence-corrected chi connectivity index (χ0v) is 14.9. The third-order valence-corrected chi connectivity index (χ3v) is 4.38. The van der Waals surface area contributed by atoms with Crippen molar-refractivity contribution in [1.82, 2.24) is 19.5 Å². The second-order valence-corrected chi connectivity index (χ2v) is 6.21. The minimum absolute atomic E-state index is 0.0784. The Morgan fingerprint density at radius 1 is 1.16 bits per heavy atom. The molecule has 0 amide bonds. The van der Waals surface area contributed by atoms with Crippen LogP contribution in [0.2, 0.25) is 0 Å². The summed E-state index contributed by atoms with van der Waals surface area (Å²) in [5, 5.41) is 11.3. The van der Waals surface area contributed by atoms with Crippen molar-refractivity contribution in [2.24, 2.45) is 7.05 Å². The Labute approximate surface area is 145 Å². The first-order chi connectivity index (χ1) is 11.9. The fourth-order valence-electron chi connectivity index (χ4n) is 2.94. The summed E-state index contributed by atoms with van der Waals surface area (Å²) < 4.78 is 1.78. The molecular formula is C15H22N8O2. The van der Waals surface area contributed by atoms with Crippen LogP contribution in [-0.2, 0) is 7.05 Å². The molecule has 0 atom stereocenters. The molecule has 3 heterocycles. The first kappa shape index (κ1) is 16.9. The molecule has 10 heteroatoms. The molecule has 2 aromatic rings. The first-order valence-corrected chi connectivity index (χ1v) is 8.06. The zero-order valence-electron chi connectivity index (χ0n) is 14.9. The van der Waals surface area contributed by atoms with E-state index < -0.39 is 4.92 Å². The van der Waals surface area contributed by atoms with Gasteiger partial charge in [0.1, 0.15) is 5.82 Å². The number of nitrogens with zero attached hydrogens (tertiary/aromatic N) is 8. The third-order valence-electron chi connectivity index (χ3n) is 4.38. The van der Waals surface area contributed by atoms with Gasteiger partial charge in [0.15, 0.2) is 0 Å². The zero-order chi connectivity index (χ0) is 18.1. The molecule has 0 unspecified atom stereocenters. The highest BCUT2D eigenvalue weighted by Gasteiger charge is 2.30. The van der Waals surface area contributed by atoms with Crippen LogP contribution in [0.15, 0.2) is 12.3 Å². The van der Waals surface area contributed by atoms with Crippen molar-refractivity contribution >= 4 is 23.4 Å². The van der Waals surface area contributed by atoms with Gasteiger partial charge in [0.2, 0.25) is 17.6 Å². The van der Waals surface area contributed by atoms with Crippen molar-refractivity contribution in [3.63, 3.8) is 0 Å². The smallest absolute Gasteiger partial charge is 0.358 e. The van der Waals surface area contributed by atoms with E-state index in [1.807, 2.05) is 37.0 Å². The molecule has 0 bridgehead atoms. The van der Waals surface area contributed by atoms with E-state index in [4.69, 9.17) is 0 Å². The van der Waals surface area contributed by atoms with Crippen LogP contribution in [0.25, 0.3) is 0 Å². The second kappa shape index (κ2) is 6.54. The number of hydrogen-bond acceptors (Lipinski definition) is 8. The van der Waals surface area contributed by atoms with E-state index in [0.717, 1.165) is 18.9 Å². The average molecular weight is 346 g/mol. The van der Waals surface area contributed by atoms with Crippen LogP contribution in [0.3, 0.4) is 0 Å². The largest absolute Gasteiger partial charge is 0.406 e. The standard InChI is InChI=1S/C15H22N8O2/c1-11-17-13(23(24)25)14(20(11)4)22-9-7-21(8-10-22)12-5-6-16-15(18-12)19(2)3/h5-6H,7-10H2,1-4H3. The van der Waals surface area contributed by atoms with Crippen LogP contribution in [0, 0.1) is 17.0 Å². The van der Waals surface area contributed by atoms with E-state index in [0.29, 0.717) is 30.7 Å². The summed E-state index contributed by atoms with van der Waals surface area (Å²) in [5.74, 6) is 2.66. The maximum atomic E-state index is 11.3. The minimum Gasteiger partial charge on any atom is -0.358 e. The molecule has 0 N–H and O–H groups in total. The molecule has 2 aromatic heterocycles. The van der Waals surface area contributed by atoms with Crippen LogP contribution in [0.1, 0.15) is 5.82 Å². The van der Waals surface area contributed by atoms with E-state index in [1.54, 1.807) is 17.7 Å². The van der Waals surface area contributed by atoms with Gasteiger partial charge in [-0.2, -0.15) is 4.98 Å². The molecule has 25 heavy (non-hydrogen) atoms. The van der Waals surface area contributed by atoms with Gasteiger partial charge < -0.3 is 24.8 Å². The van der Waals surface area contributed by atoms with Crippen LogP contribution < -0.4 is 14.7 Å². The number of rotatable bonds is 4. The molecule has 1 fully saturated rings. The Bertz CT molecular complexity index is 780. The van der Waals surface area contributed by atoms with E-state index >= 15 is 0 Å². The summed E-state index contributed by atoms with van der Waals surface area (Å²) in [6.07, 6.45) is 1.75. The monoisotopic (exact) mass is 346 g/mol. The molecule has 134 valence electrons. The molecule has 10 nitrogen and oxygen atoms in total. The predicted octanol–water partition coefficient (Wildman–Crippen LogP) is 0.819. The van der Waals surface area contributed by atoms with Crippen molar-refractivity contribution < 1.29 is 4.92 Å². The Morgan fingerprint density at radius 2 is 1.80 bits per heavy atom. The number of aromatic nitrogens is 4. The van der Waals surface area contributed by atoms with Crippen LogP contribution in [-0.4, -0.2) is 64.7 Å². The molecule has 3 rings (SSSR count). The van der Waals surface area contributed by atoms with Gasteiger partial charge in [-0.15, -0.1) is 0 Å². The number of anilines is 3. The molecule has 1 aliphatic rings. The lowest BCUT2D eigenvalue weighted by molar-refractivity contribution is -0.388. The lowest BCUT2D eigenvalue weighted by Crippen LogP contribution is -2.47. The van der Waals surface area contributed by atoms with E-state index in [1.165, 1.54) is 0 Å². The van der Waals surface area contributed by atoms with Gasteiger partial charge in [-0.25, -0.2) is 4.98 Å². The molecule has 0 aliphatic carbocycles. The van der Waals surface area contributed by atoms with Gasteiger partial charge in [-0.1, -0.05) is 0 Å². The lowest BCUT2D eigenvalue weighted by atomic mass is 10.3. The molecule has 1 saturated heterocycles. The van der Waals surface area contributed by atoms with Gasteiger partial charge in [-0.3, -0.25) is 4.57 Å². The Hall–Kier alpha value is -2.91. The third kappa shape index (κ3) is 3.19. The summed E-state index contributed by atoms with van der Waals surface area (Å²) in [6.45, 7) is 4.56. The van der Waals surface area contributed by atoms with E-state index in [9.17, 15) is 10.1 Å². The van der Waals surface area contributed by atoms with Gasteiger partial charge >= 0.3 is 5.82 Å². The fourth-order valence-corrected chi connectivity index (χ4v) is 2.94. The molecule has 1 aliphatic heterocycles. The van der Waals surface area contributed by atoms with Crippen molar-refractivity contribution in [1.29, 1.82) is 0 Å². The summed E-state index contributed by atoms with van der Waals surface area (Å²) in [6, 6.07) is 1.89. The highest BCUT2D eigenvalue weighted by molar-refractivity contribution is 5.57. The Balaban J connectivity index is 1.77. The Morgan fingerprint density at radius 3 is 2.40 bits per heavy atom. The predicted molar refractivity (Wildman–Crippen MR) is 95.4 cm³/mol. The molecule has 0 radical (unpaired) electrons. The highest BCUT2D eigenvalue weighted by Crippen LogP contribution is 2.29. The SMILES string of the molecule is Cc1nc([N+](=O)[O-])c(N2CCN(c3ccnc(N(C)C)n3)CC2)n1C. The van der Waals surface area contributed by atoms with Crippen LogP contribution in [0.5, 0.6) is 0 Å². The van der Waals surface area contributed by atoms with Crippen LogP contribution >= 0.6 is 0 Å². The van der Waals surface area contributed by atoms with Crippen molar-refractivity contribution in [2.45, 2.75) is 6.92 Å². The van der Waals surface area contributed by atoms with Crippen molar-refractivity contribution in [3.05, 3.63) is 28.2 Å².